The molecule has 0 unspecified atom stereocenters. The highest BCUT2D eigenvalue weighted by Crippen LogP contribution is 2.37. The van der Waals surface area contributed by atoms with Crippen molar-refractivity contribution in [1.29, 1.82) is 0 Å². The van der Waals surface area contributed by atoms with Crippen LogP contribution in [0.5, 0.6) is 5.75 Å². The molecule has 18 heavy (non-hydrogen) atoms. The largest absolute Gasteiger partial charge is 0.490 e. The molecule has 0 aliphatic rings. The predicted molar refractivity (Wildman–Crippen MR) is 67.3 cm³/mol. The van der Waals surface area contributed by atoms with E-state index >= 15 is 0 Å². The Labute approximate surface area is 110 Å². The Kier molecular flexibility index (Phi) is 3.19. The second-order valence-corrected chi connectivity index (χ2v) is 4.15. The third-order valence-corrected chi connectivity index (χ3v) is 3.06. The number of benzene rings is 1. The summed E-state index contributed by atoms with van der Waals surface area (Å²) >= 11 is 3.20. The number of rotatable bonds is 3. The summed E-state index contributed by atoms with van der Waals surface area (Å²) < 4.78 is 10.4. The van der Waals surface area contributed by atoms with Crippen LogP contribution in [0.1, 0.15) is 0 Å². The molecular weight excluding hydrogens is 306 g/mol. The van der Waals surface area contributed by atoms with Gasteiger partial charge in [-0.15, -0.1) is 0 Å². The van der Waals surface area contributed by atoms with Crippen LogP contribution >= 0.6 is 15.9 Å². The van der Waals surface area contributed by atoms with Gasteiger partial charge in [-0.3, -0.25) is 10.1 Å². The molecule has 0 spiro atoms. The molecule has 0 saturated heterocycles. The van der Waals surface area contributed by atoms with E-state index in [1.54, 1.807) is 6.07 Å². The van der Waals surface area contributed by atoms with E-state index in [2.05, 4.69) is 21.1 Å². The van der Waals surface area contributed by atoms with E-state index in [0.717, 1.165) is 0 Å². The summed E-state index contributed by atoms with van der Waals surface area (Å²) in [5.41, 5.74) is 5.85. The maximum absolute atomic E-state index is 10.9. The highest BCUT2D eigenvalue weighted by atomic mass is 79.9. The third kappa shape index (κ3) is 2.02. The summed E-state index contributed by atoms with van der Waals surface area (Å²) in [5.74, 6) is 0.689. The second-order valence-electron chi connectivity index (χ2n) is 3.35. The van der Waals surface area contributed by atoms with E-state index in [9.17, 15) is 10.1 Å². The van der Waals surface area contributed by atoms with Crippen LogP contribution in [0.2, 0.25) is 0 Å². The van der Waals surface area contributed by atoms with Crippen LogP contribution in [0.25, 0.3) is 11.3 Å². The van der Waals surface area contributed by atoms with Crippen molar-refractivity contribution in [2.45, 2.75) is 0 Å². The van der Waals surface area contributed by atoms with Crippen molar-refractivity contribution in [3.63, 3.8) is 0 Å². The second kappa shape index (κ2) is 4.65. The summed E-state index contributed by atoms with van der Waals surface area (Å²) in [5, 5.41) is 14.5. The van der Waals surface area contributed by atoms with Gasteiger partial charge in [-0.2, -0.15) is 0 Å². The van der Waals surface area contributed by atoms with Crippen molar-refractivity contribution in [3.05, 3.63) is 32.8 Å². The Bertz CT molecular complexity index is 611. The number of nitrogen functional groups attached to an aromatic ring is 1. The zero-order valence-corrected chi connectivity index (χ0v) is 10.8. The third-order valence-electron chi connectivity index (χ3n) is 2.30. The Morgan fingerprint density at radius 2 is 2.28 bits per heavy atom. The van der Waals surface area contributed by atoms with Gasteiger partial charge in [-0.25, -0.2) is 0 Å². The van der Waals surface area contributed by atoms with Crippen LogP contribution < -0.4 is 10.5 Å². The molecule has 8 heteroatoms. The first-order valence-corrected chi connectivity index (χ1v) is 5.57. The number of ether oxygens (including phenoxy) is 1. The van der Waals surface area contributed by atoms with Crippen LogP contribution in [0.15, 0.2) is 27.2 Å². The van der Waals surface area contributed by atoms with Gasteiger partial charge in [0, 0.05) is 11.6 Å². The zero-order valence-electron chi connectivity index (χ0n) is 9.21. The smallest absolute Gasteiger partial charge is 0.311 e. The maximum Gasteiger partial charge on any atom is 0.311 e. The van der Waals surface area contributed by atoms with Crippen molar-refractivity contribution in [1.82, 2.24) is 5.16 Å². The summed E-state index contributed by atoms with van der Waals surface area (Å²) in [7, 11) is 1.37. The van der Waals surface area contributed by atoms with Gasteiger partial charge in [0.2, 0.25) is 0 Å². The first-order chi connectivity index (χ1) is 8.54. The topological polar surface area (TPSA) is 104 Å². The quantitative estimate of drug-likeness (QED) is 0.689. The molecule has 2 aromatic rings. The molecule has 0 bridgehead atoms. The van der Waals surface area contributed by atoms with E-state index < -0.39 is 4.92 Å². The fourth-order valence-corrected chi connectivity index (χ4v) is 1.82. The van der Waals surface area contributed by atoms with Gasteiger partial charge >= 0.3 is 5.69 Å². The molecule has 1 aromatic heterocycles. The SMILES string of the molecule is COc1ccc(-c2onc(N)c2Br)cc1[N+](=O)[O-]. The molecule has 0 radical (unpaired) electrons. The molecule has 0 aliphatic carbocycles. The molecule has 94 valence electrons. The minimum atomic E-state index is -0.532. The molecule has 0 amide bonds. The lowest BCUT2D eigenvalue weighted by atomic mass is 10.1. The van der Waals surface area contributed by atoms with Crippen LogP contribution in [-0.4, -0.2) is 17.2 Å². The van der Waals surface area contributed by atoms with E-state index in [1.165, 1.54) is 19.2 Å². The average Bonchev–Trinajstić information content (AvgIpc) is 2.69. The fraction of sp³-hybridized carbons (Fsp3) is 0.100. The molecule has 0 aliphatic heterocycles. The molecule has 2 N–H and O–H groups in total. The molecule has 2 rings (SSSR count). The van der Waals surface area contributed by atoms with Gasteiger partial charge in [0.15, 0.2) is 17.3 Å². The van der Waals surface area contributed by atoms with E-state index in [1.807, 2.05) is 0 Å². The molecule has 0 atom stereocenters. The first kappa shape index (κ1) is 12.4. The maximum atomic E-state index is 10.9. The minimum absolute atomic E-state index is 0.156. The number of nitrogens with zero attached hydrogens (tertiary/aromatic N) is 2. The molecule has 7 nitrogen and oxygen atoms in total. The van der Waals surface area contributed by atoms with Crippen LogP contribution in [0.4, 0.5) is 11.5 Å². The number of methoxy groups -OCH3 is 1. The van der Waals surface area contributed by atoms with Crippen molar-refractivity contribution in [2.24, 2.45) is 0 Å². The average molecular weight is 314 g/mol. The Balaban J connectivity index is 2.57. The van der Waals surface area contributed by atoms with E-state index in [4.69, 9.17) is 15.0 Å². The zero-order chi connectivity index (χ0) is 13.3. The van der Waals surface area contributed by atoms with Gasteiger partial charge in [-0.1, -0.05) is 5.16 Å². The lowest BCUT2D eigenvalue weighted by Gasteiger charge is -2.03. The number of hydrogen-bond donors (Lipinski definition) is 1. The van der Waals surface area contributed by atoms with Gasteiger partial charge in [0.25, 0.3) is 0 Å². The lowest BCUT2D eigenvalue weighted by Crippen LogP contribution is -1.94. The highest BCUT2D eigenvalue weighted by molar-refractivity contribution is 9.10. The summed E-state index contributed by atoms with van der Waals surface area (Å²) in [6.07, 6.45) is 0. The van der Waals surface area contributed by atoms with Crippen LogP contribution in [-0.2, 0) is 0 Å². The van der Waals surface area contributed by atoms with Gasteiger partial charge in [0.1, 0.15) is 4.47 Å². The number of anilines is 1. The van der Waals surface area contributed by atoms with Crippen LogP contribution in [0, 0.1) is 10.1 Å². The lowest BCUT2D eigenvalue weighted by molar-refractivity contribution is -0.385. The van der Waals surface area contributed by atoms with E-state index in [-0.39, 0.29) is 17.3 Å². The van der Waals surface area contributed by atoms with Crippen molar-refractivity contribution >= 4 is 27.4 Å². The Morgan fingerprint density at radius 1 is 1.56 bits per heavy atom. The molecular formula is C10H8BrN3O4. The highest BCUT2D eigenvalue weighted by Gasteiger charge is 2.20. The van der Waals surface area contributed by atoms with Gasteiger partial charge in [0.05, 0.1) is 12.0 Å². The predicted octanol–water partition coefficient (Wildman–Crippen LogP) is 2.60. The van der Waals surface area contributed by atoms with Crippen molar-refractivity contribution in [3.8, 4) is 17.1 Å². The van der Waals surface area contributed by atoms with Gasteiger partial charge in [-0.05, 0) is 28.1 Å². The number of halogens is 1. The standard InChI is InChI=1S/C10H8BrN3O4/c1-17-7-3-2-5(4-6(7)14(15)16)9-8(11)10(12)13-18-9/h2-4H,1H3,(H2,12,13). The summed E-state index contributed by atoms with van der Waals surface area (Å²) in [6, 6.07) is 4.44. The molecule has 1 heterocycles. The number of nitrogens with two attached hydrogens (primary N) is 1. The number of nitro groups is 1. The van der Waals surface area contributed by atoms with Crippen molar-refractivity contribution < 1.29 is 14.2 Å². The van der Waals surface area contributed by atoms with E-state index in [0.29, 0.717) is 15.8 Å². The number of nitro benzene ring substituents is 1. The molecule has 1 aromatic carbocycles. The fourth-order valence-electron chi connectivity index (χ4n) is 1.44. The summed E-state index contributed by atoms with van der Waals surface area (Å²) in [6.45, 7) is 0. The Hall–Kier alpha value is -2.09. The summed E-state index contributed by atoms with van der Waals surface area (Å²) in [4.78, 5) is 10.4. The number of aromatic nitrogens is 1. The molecule has 0 saturated carbocycles. The minimum Gasteiger partial charge on any atom is -0.490 e. The normalized spacial score (nSPS) is 10.3. The first-order valence-electron chi connectivity index (χ1n) is 4.78. The van der Waals surface area contributed by atoms with Crippen molar-refractivity contribution in [2.75, 3.05) is 12.8 Å². The van der Waals surface area contributed by atoms with Gasteiger partial charge < -0.3 is 15.0 Å². The number of hydrogen-bond acceptors (Lipinski definition) is 6. The van der Waals surface area contributed by atoms with Crippen LogP contribution in [0.3, 0.4) is 0 Å². The Morgan fingerprint density at radius 3 is 2.78 bits per heavy atom. The molecule has 0 fully saturated rings. The monoisotopic (exact) mass is 313 g/mol.